The average molecular weight is 385 g/mol. The maximum Gasteiger partial charge on any atom is 0.0212 e. The van der Waals surface area contributed by atoms with Crippen LogP contribution in [-0.2, 0) is 13.1 Å². The number of hydrogen-bond donors (Lipinski definition) is 6. The Morgan fingerprint density at radius 2 is 1.25 bits per heavy atom. The van der Waals surface area contributed by atoms with Gasteiger partial charge >= 0.3 is 0 Å². The normalized spacial score (nSPS) is 11.1. The second-order valence-electron chi connectivity index (χ2n) is 6.79. The van der Waals surface area contributed by atoms with Crippen molar-refractivity contribution in [2.75, 3.05) is 52.4 Å². The molecule has 0 aromatic heterocycles. The molecule has 6 nitrogen and oxygen atoms in total. The second kappa shape index (κ2) is 14.2. The van der Waals surface area contributed by atoms with Crippen LogP contribution in [0.25, 0.3) is 11.1 Å². The Balaban J connectivity index is 1.88. The van der Waals surface area contributed by atoms with Crippen molar-refractivity contribution in [3.8, 4) is 11.1 Å². The van der Waals surface area contributed by atoms with Crippen LogP contribution < -0.4 is 32.7 Å². The van der Waals surface area contributed by atoms with Crippen molar-refractivity contribution in [2.45, 2.75) is 13.1 Å². The fraction of sp³-hybridized carbons (Fsp3) is 0.455. The maximum atomic E-state index is 5.49. The van der Waals surface area contributed by atoms with Crippen LogP contribution in [0.15, 0.2) is 48.5 Å². The van der Waals surface area contributed by atoms with Gasteiger partial charge in [-0.05, 0) is 28.3 Å². The van der Waals surface area contributed by atoms with Crippen LogP contribution in [0.4, 0.5) is 0 Å². The minimum absolute atomic E-state index is 0.679. The van der Waals surface area contributed by atoms with Gasteiger partial charge in [-0.3, -0.25) is 0 Å². The molecule has 0 saturated carbocycles. The third-order valence-corrected chi connectivity index (χ3v) is 4.50. The first-order chi connectivity index (χ1) is 13.8. The molecule has 0 saturated heterocycles. The lowest BCUT2D eigenvalue weighted by Crippen LogP contribution is -2.30. The van der Waals surface area contributed by atoms with Gasteiger partial charge in [0.05, 0.1) is 0 Å². The largest absolute Gasteiger partial charge is 0.329 e. The number of nitrogens with one attached hydrogen (secondary N) is 4. The van der Waals surface area contributed by atoms with Gasteiger partial charge in [0.2, 0.25) is 0 Å². The van der Waals surface area contributed by atoms with E-state index in [1.165, 1.54) is 22.3 Å². The Hall–Kier alpha value is -1.80. The number of rotatable bonds is 15. The molecule has 2 rings (SSSR count). The van der Waals surface area contributed by atoms with Crippen LogP contribution in [0.3, 0.4) is 0 Å². The monoisotopic (exact) mass is 384 g/mol. The molecular formula is C22H36N6. The van der Waals surface area contributed by atoms with E-state index in [0.29, 0.717) is 13.1 Å². The summed E-state index contributed by atoms with van der Waals surface area (Å²) < 4.78 is 0. The van der Waals surface area contributed by atoms with Crippen LogP contribution in [-0.4, -0.2) is 52.4 Å². The van der Waals surface area contributed by atoms with E-state index in [4.69, 9.17) is 11.5 Å². The number of benzene rings is 2. The molecule has 0 amide bonds. The molecule has 2 aromatic rings. The summed E-state index contributed by atoms with van der Waals surface area (Å²) in [5.74, 6) is 0. The summed E-state index contributed by atoms with van der Waals surface area (Å²) in [7, 11) is 0. The first-order valence-corrected chi connectivity index (χ1v) is 10.3. The molecule has 6 heteroatoms. The van der Waals surface area contributed by atoms with Crippen LogP contribution in [0, 0.1) is 0 Å². The van der Waals surface area contributed by atoms with Crippen molar-refractivity contribution in [2.24, 2.45) is 11.5 Å². The molecule has 0 aliphatic rings. The molecule has 154 valence electrons. The molecule has 8 N–H and O–H groups in total. The zero-order valence-electron chi connectivity index (χ0n) is 16.8. The summed E-state index contributed by atoms with van der Waals surface area (Å²) in [5.41, 5.74) is 16.1. The highest BCUT2D eigenvalue weighted by atomic mass is 14.9. The third kappa shape index (κ3) is 8.48. The van der Waals surface area contributed by atoms with E-state index in [0.717, 1.165) is 52.4 Å². The summed E-state index contributed by atoms with van der Waals surface area (Å²) >= 11 is 0. The molecule has 0 bridgehead atoms. The molecule has 0 atom stereocenters. The lowest BCUT2D eigenvalue weighted by molar-refractivity contribution is 0.614. The fourth-order valence-electron chi connectivity index (χ4n) is 3.07. The van der Waals surface area contributed by atoms with Crippen molar-refractivity contribution in [3.63, 3.8) is 0 Å². The zero-order valence-corrected chi connectivity index (χ0v) is 16.8. The van der Waals surface area contributed by atoms with Gasteiger partial charge in [0.25, 0.3) is 0 Å². The minimum Gasteiger partial charge on any atom is -0.329 e. The summed E-state index contributed by atoms with van der Waals surface area (Å²) in [4.78, 5) is 0. The van der Waals surface area contributed by atoms with Gasteiger partial charge in [-0.25, -0.2) is 0 Å². The maximum absolute atomic E-state index is 5.49. The van der Waals surface area contributed by atoms with Gasteiger partial charge < -0.3 is 32.7 Å². The Morgan fingerprint density at radius 1 is 0.607 bits per heavy atom. The molecule has 0 heterocycles. The molecule has 0 unspecified atom stereocenters. The third-order valence-electron chi connectivity index (χ3n) is 4.50. The Labute approximate surface area is 169 Å². The molecule has 2 aromatic carbocycles. The van der Waals surface area contributed by atoms with Gasteiger partial charge in [0.15, 0.2) is 0 Å². The van der Waals surface area contributed by atoms with Crippen molar-refractivity contribution >= 4 is 0 Å². The fourth-order valence-corrected chi connectivity index (χ4v) is 3.07. The van der Waals surface area contributed by atoms with Gasteiger partial charge in [-0.1, -0.05) is 42.5 Å². The van der Waals surface area contributed by atoms with Gasteiger partial charge in [-0.2, -0.15) is 0 Å². The van der Waals surface area contributed by atoms with E-state index in [1.54, 1.807) is 0 Å². The predicted octanol–water partition coefficient (Wildman–Crippen LogP) is 0.629. The van der Waals surface area contributed by atoms with E-state index < -0.39 is 0 Å². The molecule has 0 spiro atoms. The van der Waals surface area contributed by atoms with Gasteiger partial charge in [0, 0.05) is 65.4 Å². The molecule has 0 aliphatic heterocycles. The molecule has 0 radical (unpaired) electrons. The van der Waals surface area contributed by atoms with Gasteiger partial charge in [-0.15, -0.1) is 0 Å². The summed E-state index contributed by atoms with van der Waals surface area (Å²) in [6, 6.07) is 17.4. The Morgan fingerprint density at radius 3 is 1.96 bits per heavy atom. The highest BCUT2D eigenvalue weighted by Gasteiger charge is 2.05. The van der Waals surface area contributed by atoms with E-state index >= 15 is 0 Å². The molecular weight excluding hydrogens is 348 g/mol. The zero-order chi connectivity index (χ0) is 19.9. The summed E-state index contributed by atoms with van der Waals surface area (Å²) in [5, 5.41) is 13.6. The van der Waals surface area contributed by atoms with Crippen LogP contribution in [0.1, 0.15) is 11.1 Å². The highest BCUT2D eigenvalue weighted by Crippen LogP contribution is 2.24. The average Bonchev–Trinajstić information content (AvgIpc) is 2.73. The van der Waals surface area contributed by atoms with Gasteiger partial charge in [0.1, 0.15) is 0 Å². The quantitative estimate of drug-likeness (QED) is 0.252. The second-order valence-corrected chi connectivity index (χ2v) is 6.79. The predicted molar refractivity (Wildman–Crippen MR) is 119 cm³/mol. The van der Waals surface area contributed by atoms with Crippen molar-refractivity contribution in [1.82, 2.24) is 21.3 Å². The van der Waals surface area contributed by atoms with Crippen LogP contribution >= 0.6 is 0 Å². The molecule has 28 heavy (non-hydrogen) atoms. The van der Waals surface area contributed by atoms with Crippen LogP contribution in [0.2, 0.25) is 0 Å². The van der Waals surface area contributed by atoms with Crippen molar-refractivity contribution in [3.05, 3.63) is 59.7 Å². The van der Waals surface area contributed by atoms with Crippen molar-refractivity contribution < 1.29 is 0 Å². The first kappa shape index (κ1) is 22.5. The standard InChI is InChI=1S/C22H36N6/c23-8-10-25-12-14-27-17-19-4-3-6-20(16-19)22-7-2-1-5-21(22)18-28-15-13-26-11-9-24/h1-7,16,25-28H,8-15,17-18,23-24H2. The lowest BCUT2D eigenvalue weighted by atomic mass is 9.98. The Bertz CT molecular complexity index is 661. The Kier molecular flexibility index (Phi) is 11.4. The van der Waals surface area contributed by atoms with Crippen molar-refractivity contribution in [1.29, 1.82) is 0 Å². The first-order valence-electron chi connectivity index (χ1n) is 10.3. The van der Waals surface area contributed by atoms with E-state index in [9.17, 15) is 0 Å². The van der Waals surface area contributed by atoms with E-state index in [-0.39, 0.29) is 0 Å². The lowest BCUT2D eigenvalue weighted by Gasteiger charge is -2.13. The van der Waals surface area contributed by atoms with E-state index in [2.05, 4.69) is 69.8 Å². The number of hydrogen-bond acceptors (Lipinski definition) is 6. The smallest absolute Gasteiger partial charge is 0.0212 e. The minimum atomic E-state index is 0.679. The molecule has 0 fully saturated rings. The topological polar surface area (TPSA) is 100 Å². The summed E-state index contributed by atoms with van der Waals surface area (Å²) in [6.07, 6.45) is 0. The van der Waals surface area contributed by atoms with Crippen LogP contribution in [0.5, 0.6) is 0 Å². The van der Waals surface area contributed by atoms with E-state index in [1.807, 2.05) is 0 Å². The number of nitrogens with two attached hydrogens (primary N) is 2. The SMILES string of the molecule is NCCNCCNCc1cccc(-c2ccccc2CNCCNCCN)c1. The molecule has 0 aliphatic carbocycles. The summed E-state index contributed by atoms with van der Waals surface area (Å²) in [6.45, 7) is 8.54. The highest BCUT2D eigenvalue weighted by molar-refractivity contribution is 5.68.